The minimum atomic E-state index is -1.12. The Morgan fingerprint density at radius 1 is 1.61 bits per heavy atom. The first-order valence-electron chi connectivity index (χ1n) is 5.43. The number of nitrogens with one attached hydrogen (secondary N) is 1. The summed E-state index contributed by atoms with van der Waals surface area (Å²) in [5.41, 5.74) is 0. The molecule has 0 aromatic carbocycles. The van der Waals surface area contributed by atoms with E-state index in [-0.39, 0.29) is 19.5 Å². The maximum absolute atomic E-state index is 11.8. The fourth-order valence-electron chi connectivity index (χ4n) is 1.87. The van der Waals surface area contributed by atoms with Crippen molar-refractivity contribution >= 4 is 12.0 Å². The largest absolute Gasteiger partial charge is 0.480 e. The third-order valence-electron chi connectivity index (χ3n) is 2.73. The molecule has 1 saturated heterocycles. The van der Waals surface area contributed by atoms with Crippen LogP contribution in [0.1, 0.15) is 12.2 Å². The van der Waals surface area contributed by atoms with Gasteiger partial charge in [0.25, 0.3) is 0 Å². The zero-order chi connectivity index (χ0) is 13.1. The molecule has 1 aliphatic heterocycles. The molecule has 2 rings (SSSR count). The molecule has 0 saturated carbocycles. The quantitative estimate of drug-likeness (QED) is 0.664. The van der Waals surface area contributed by atoms with E-state index in [9.17, 15) is 14.7 Å². The van der Waals surface area contributed by atoms with Crippen LogP contribution in [0, 0.1) is 0 Å². The lowest BCUT2D eigenvalue weighted by atomic mass is 10.2. The van der Waals surface area contributed by atoms with E-state index in [2.05, 4.69) is 10.5 Å². The summed E-state index contributed by atoms with van der Waals surface area (Å²) in [5.74, 6) is -0.656. The number of carbonyl (C=O) groups excluding carboxylic acids is 1. The van der Waals surface area contributed by atoms with Crippen molar-refractivity contribution in [3.05, 3.63) is 18.0 Å². The van der Waals surface area contributed by atoms with E-state index >= 15 is 0 Å². The third kappa shape index (κ3) is 2.59. The van der Waals surface area contributed by atoms with Crippen molar-refractivity contribution in [1.82, 2.24) is 15.4 Å². The van der Waals surface area contributed by atoms with Gasteiger partial charge in [-0.2, -0.15) is 0 Å². The number of likely N-dealkylation sites (tertiary alicyclic amines) is 1. The Hall–Kier alpha value is -2.09. The van der Waals surface area contributed by atoms with Crippen molar-refractivity contribution in [3.8, 4) is 0 Å². The number of aliphatic carboxylic acids is 1. The molecule has 2 atom stereocenters. The van der Waals surface area contributed by atoms with Crippen LogP contribution in [0.4, 0.5) is 4.79 Å². The summed E-state index contributed by atoms with van der Waals surface area (Å²) in [5, 5.41) is 24.3. The Kier molecular flexibility index (Phi) is 3.47. The number of nitrogens with zero attached hydrogens (tertiary/aromatic N) is 2. The van der Waals surface area contributed by atoms with Crippen LogP contribution in [0.5, 0.6) is 0 Å². The summed E-state index contributed by atoms with van der Waals surface area (Å²) in [4.78, 5) is 23.8. The van der Waals surface area contributed by atoms with Gasteiger partial charge in [0.15, 0.2) is 5.76 Å². The molecule has 1 fully saturated rings. The Morgan fingerprint density at radius 2 is 2.39 bits per heavy atom. The average Bonchev–Trinajstić information content (AvgIpc) is 2.94. The van der Waals surface area contributed by atoms with Gasteiger partial charge in [-0.25, -0.2) is 9.59 Å². The number of rotatable bonds is 3. The second-order valence-electron chi connectivity index (χ2n) is 4.03. The van der Waals surface area contributed by atoms with E-state index in [1.165, 1.54) is 6.20 Å². The van der Waals surface area contributed by atoms with Crippen LogP contribution < -0.4 is 5.32 Å². The van der Waals surface area contributed by atoms with Crippen LogP contribution in [0.2, 0.25) is 0 Å². The summed E-state index contributed by atoms with van der Waals surface area (Å²) < 4.78 is 4.79. The highest BCUT2D eigenvalue weighted by molar-refractivity contribution is 5.83. The summed E-state index contributed by atoms with van der Waals surface area (Å²) in [6, 6.07) is 0.0541. The monoisotopic (exact) mass is 255 g/mol. The molecule has 2 amide bonds. The summed E-state index contributed by atoms with van der Waals surface area (Å²) >= 11 is 0. The Bertz CT molecular complexity index is 433. The first-order chi connectivity index (χ1) is 8.58. The van der Waals surface area contributed by atoms with E-state index in [1.807, 2.05) is 0 Å². The Balaban J connectivity index is 1.93. The van der Waals surface area contributed by atoms with Crippen molar-refractivity contribution in [2.45, 2.75) is 25.1 Å². The third-order valence-corrected chi connectivity index (χ3v) is 2.73. The highest BCUT2D eigenvalue weighted by Gasteiger charge is 2.38. The predicted octanol–water partition coefficient (Wildman–Crippen LogP) is -0.596. The molecule has 0 unspecified atom stereocenters. The Labute approximate surface area is 102 Å². The molecule has 1 aromatic heterocycles. The number of urea groups is 1. The smallest absolute Gasteiger partial charge is 0.326 e. The standard InChI is InChI=1S/C10H13N3O5/c14-6-3-8(9(15)16)13(5-6)10(17)11-4-7-1-2-12-18-7/h1-2,6,8,14H,3-5H2,(H,11,17)(H,15,16)/t6-,8+/m1/s1. The van der Waals surface area contributed by atoms with Gasteiger partial charge in [-0.3, -0.25) is 0 Å². The van der Waals surface area contributed by atoms with Crippen molar-refractivity contribution in [3.63, 3.8) is 0 Å². The molecule has 0 aliphatic carbocycles. The number of β-amino-alcohol motifs (C(OH)–C–C–N with tert-alkyl or cyclic N) is 1. The molecule has 3 N–H and O–H groups in total. The molecule has 0 radical (unpaired) electrons. The van der Waals surface area contributed by atoms with Crippen LogP contribution in [-0.4, -0.2) is 51.0 Å². The lowest BCUT2D eigenvalue weighted by Crippen LogP contribution is -2.45. The second-order valence-corrected chi connectivity index (χ2v) is 4.03. The molecular formula is C10H13N3O5. The summed E-state index contributed by atoms with van der Waals surface area (Å²) in [7, 11) is 0. The number of aliphatic hydroxyl groups excluding tert-OH is 1. The molecule has 8 nitrogen and oxygen atoms in total. The number of amides is 2. The second kappa shape index (κ2) is 5.05. The van der Waals surface area contributed by atoms with Crippen molar-refractivity contribution in [1.29, 1.82) is 0 Å². The molecule has 18 heavy (non-hydrogen) atoms. The van der Waals surface area contributed by atoms with Gasteiger partial charge in [-0.15, -0.1) is 0 Å². The molecule has 2 heterocycles. The fraction of sp³-hybridized carbons (Fsp3) is 0.500. The highest BCUT2D eigenvalue weighted by atomic mass is 16.5. The maximum Gasteiger partial charge on any atom is 0.326 e. The molecular weight excluding hydrogens is 242 g/mol. The summed E-state index contributed by atoms with van der Waals surface area (Å²) in [6.45, 7) is 0.136. The van der Waals surface area contributed by atoms with E-state index in [0.717, 1.165) is 4.90 Å². The van der Waals surface area contributed by atoms with E-state index in [1.54, 1.807) is 6.07 Å². The van der Waals surface area contributed by atoms with Crippen molar-refractivity contribution in [2.24, 2.45) is 0 Å². The van der Waals surface area contributed by atoms with Crippen LogP contribution in [0.25, 0.3) is 0 Å². The van der Waals surface area contributed by atoms with Crippen molar-refractivity contribution < 1.29 is 24.3 Å². The predicted molar refractivity (Wildman–Crippen MR) is 57.5 cm³/mol. The van der Waals surface area contributed by atoms with Crippen molar-refractivity contribution in [2.75, 3.05) is 6.54 Å². The fourth-order valence-corrected chi connectivity index (χ4v) is 1.87. The van der Waals surface area contributed by atoms with Gasteiger partial charge in [-0.05, 0) is 0 Å². The van der Waals surface area contributed by atoms with Gasteiger partial charge in [-0.1, -0.05) is 5.16 Å². The topological polar surface area (TPSA) is 116 Å². The number of carboxylic acid groups (broad SMARTS) is 1. The number of aliphatic hydroxyl groups is 1. The number of hydrogen-bond acceptors (Lipinski definition) is 5. The first-order valence-corrected chi connectivity index (χ1v) is 5.43. The van der Waals surface area contributed by atoms with Gasteiger partial charge in [0.2, 0.25) is 0 Å². The maximum atomic E-state index is 11.8. The molecule has 98 valence electrons. The van der Waals surface area contributed by atoms with Gasteiger partial charge in [0.1, 0.15) is 6.04 Å². The average molecular weight is 255 g/mol. The van der Waals surface area contributed by atoms with Gasteiger partial charge < -0.3 is 25.0 Å². The summed E-state index contributed by atoms with van der Waals surface area (Å²) in [6.07, 6.45) is 0.689. The minimum absolute atomic E-state index is 0.0131. The lowest BCUT2D eigenvalue weighted by Gasteiger charge is -2.21. The zero-order valence-electron chi connectivity index (χ0n) is 9.44. The van der Waals surface area contributed by atoms with Crippen LogP contribution in [0.3, 0.4) is 0 Å². The van der Waals surface area contributed by atoms with Gasteiger partial charge >= 0.3 is 12.0 Å². The number of aromatic nitrogens is 1. The normalized spacial score (nSPS) is 23.1. The minimum Gasteiger partial charge on any atom is -0.480 e. The first kappa shape index (κ1) is 12.4. The van der Waals surface area contributed by atoms with E-state index in [0.29, 0.717) is 5.76 Å². The lowest BCUT2D eigenvalue weighted by molar-refractivity contribution is -0.141. The number of carboxylic acids is 1. The van der Waals surface area contributed by atoms with Gasteiger partial charge in [0, 0.05) is 19.0 Å². The van der Waals surface area contributed by atoms with Crippen LogP contribution in [-0.2, 0) is 11.3 Å². The number of carbonyl (C=O) groups is 2. The van der Waals surface area contributed by atoms with Crippen LogP contribution >= 0.6 is 0 Å². The highest BCUT2D eigenvalue weighted by Crippen LogP contribution is 2.18. The molecule has 8 heteroatoms. The van der Waals surface area contributed by atoms with E-state index < -0.39 is 24.1 Å². The SMILES string of the molecule is O=C(O)[C@@H]1C[C@@H](O)CN1C(=O)NCc1ccno1. The van der Waals surface area contributed by atoms with Crippen LogP contribution in [0.15, 0.2) is 16.8 Å². The molecule has 0 spiro atoms. The van der Waals surface area contributed by atoms with Gasteiger partial charge in [0.05, 0.1) is 18.8 Å². The molecule has 0 bridgehead atoms. The molecule has 1 aromatic rings. The molecule has 1 aliphatic rings. The Morgan fingerprint density at radius 3 is 3.00 bits per heavy atom. The number of hydrogen-bond donors (Lipinski definition) is 3. The zero-order valence-corrected chi connectivity index (χ0v) is 9.44. The van der Waals surface area contributed by atoms with E-state index in [4.69, 9.17) is 9.63 Å².